The predicted octanol–water partition coefficient (Wildman–Crippen LogP) is 10.5. The molecule has 4 aromatic heterocycles. The lowest BCUT2D eigenvalue weighted by atomic mass is 10.1. The van der Waals surface area contributed by atoms with Crippen molar-refractivity contribution in [1.29, 1.82) is 0 Å². The highest BCUT2D eigenvalue weighted by Crippen LogP contribution is 2.46. The van der Waals surface area contributed by atoms with Gasteiger partial charge in [0.2, 0.25) is 0 Å². The van der Waals surface area contributed by atoms with E-state index in [9.17, 15) is 0 Å². The van der Waals surface area contributed by atoms with E-state index in [4.69, 9.17) is 0 Å². The summed E-state index contributed by atoms with van der Waals surface area (Å²) >= 11 is 7.63. The number of hydrogen-bond donors (Lipinski definition) is 0. The fraction of sp³-hybridized carbons (Fsp3) is 0.0714. The number of rotatable bonds is 2. The van der Waals surface area contributed by atoms with Crippen molar-refractivity contribution in [3.8, 4) is 20.9 Å². The Morgan fingerprint density at radius 2 is 0.875 bits per heavy atom. The molecule has 3 aromatic carbocycles. The van der Waals surface area contributed by atoms with E-state index in [2.05, 4.69) is 86.6 Å². The topological polar surface area (TPSA) is 0 Å². The first-order valence-electron chi connectivity index (χ1n) is 10.6. The Hall–Kier alpha value is -2.50. The first kappa shape index (κ1) is 19.0. The molecule has 32 heavy (non-hydrogen) atoms. The standard InChI is InChI=1S/C28H18S4/c1-15-3-11-23(29-15)17-5-7-19-21-9-10-22-20-8-6-18(24-12-4-16(2)30-24)14-26(20)32-28(22)27(21)31-25(19)13-17/h3-14H,1-2H3. The molecule has 4 heteroatoms. The summed E-state index contributed by atoms with van der Waals surface area (Å²) in [7, 11) is 0. The van der Waals surface area contributed by atoms with Crippen molar-refractivity contribution in [3.05, 3.63) is 82.6 Å². The Labute approximate surface area is 202 Å². The lowest BCUT2D eigenvalue weighted by molar-refractivity contribution is 1.64. The lowest BCUT2D eigenvalue weighted by Crippen LogP contribution is -1.72. The van der Waals surface area contributed by atoms with Crippen LogP contribution in [0.1, 0.15) is 9.75 Å². The van der Waals surface area contributed by atoms with Crippen molar-refractivity contribution in [2.24, 2.45) is 0 Å². The summed E-state index contributed by atoms with van der Waals surface area (Å²) < 4.78 is 5.60. The zero-order valence-corrected chi connectivity index (χ0v) is 20.8. The summed E-state index contributed by atoms with van der Waals surface area (Å²) in [5, 5.41) is 5.51. The van der Waals surface area contributed by atoms with E-state index in [-0.39, 0.29) is 0 Å². The first-order chi connectivity index (χ1) is 15.6. The molecule has 0 atom stereocenters. The molecule has 0 aliphatic heterocycles. The second-order valence-corrected chi connectivity index (χ2v) is 12.9. The zero-order chi connectivity index (χ0) is 21.4. The SMILES string of the molecule is Cc1ccc(-c2ccc3c(c2)sc2c3ccc3c4ccc(-c5ccc(C)s5)cc4sc32)s1. The van der Waals surface area contributed by atoms with Gasteiger partial charge in [-0.25, -0.2) is 0 Å². The van der Waals surface area contributed by atoms with Gasteiger partial charge in [-0.2, -0.15) is 0 Å². The molecule has 0 radical (unpaired) electrons. The first-order valence-corrected chi connectivity index (χ1v) is 13.9. The van der Waals surface area contributed by atoms with E-state index in [0.717, 1.165) is 0 Å². The van der Waals surface area contributed by atoms with Gasteiger partial charge in [-0.3, -0.25) is 0 Å². The molecular formula is C28H18S4. The van der Waals surface area contributed by atoms with Gasteiger partial charge in [0.15, 0.2) is 0 Å². The van der Waals surface area contributed by atoms with Gasteiger partial charge in [-0.15, -0.1) is 45.3 Å². The van der Waals surface area contributed by atoms with Gasteiger partial charge in [0, 0.05) is 50.5 Å². The number of thiophene rings is 4. The molecule has 0 nitrogen and oxygen atoms in total. The average molecular weight is 483 g/mol. The van der Waals surface area contributed by atoms with Crippen LogP contribution in [0.2, 0.25) is 0 Å². The number of hydrogen-bond acceptors (Lipinski definition) is 4. The molecule has 0 spiro atoms. The Bertz CT molecular complexity index is 1670. The minimum atomic E-state index is 1.32. The average Bonchev–Trinajstić information content (AvgIpc) is 3.56. The van der Waals surface area contributed by atoms with E-state index in [1.165, 1.54) is 71.0 Å². The molecule has 4 heterocycles. The molecule has 0 saturated heterocycles. The number of benzene rings is 3. The van der Waals surface area contributed by atoms with E-state index in [1.807, 2.05) is 45.3 Å². The largest absolute Gasteiger partial charge is 0.141 e. The zero-order valence-electron chi connectivity index (χ0n) is 17.6. The molecule has 0 unspecified atom stereocenters. The fourth-order valence-electron chi connectivity index (χ4n) is 4.55. The molecule has 7 aromatic rings. The second kappa shape index (κ2) is 7.00. The molecule has 0 aliphatic rings. The summed E-state index contributed by atoms with van der Waals surface area (Å²) in [5.74, 6) is 0. The molecule has 154 valence electrons. The van der Waals surface area contributed by atoms with Crippen LogP contribution in [0.3, 0.4) is 0 Å². The molecule has 7 rings (SSSR count). The minimum absolute atomic E-state index is 1.32. The van der Waals surface area contributed by atoms with E-state index in [1.54, 1.807) is 0 Å². The molecular weight excluding hydrogens is 465 g/mol. The van der Waals surface area contributed by atoms with Crippen LogP contribution in [0.5, 0.6) is 0 Å². The van der Waals surface area contributed by atoms with Crippen LogP contribution in [0.25, 0.3) is 61.2 Å². The third kappa shape index (κ3) is 2.84. The molecule has 0 fully saturated rings. The highest BCUT2D eigenvalue weighted by molar-refractivity contribution is 7.33. The monoisotopic (exact) mass is 482 g/mol. The van der Waals surface area contributed by atoms with Crippen LogP contribution in [-0.4, -0.2) is 0 Å². The van der Waals surface area contributed by atoms with Gasteiger partial charge in [-0.1, -0.05) is 36.4 Å². The van der Waals surface area contributed by atoms with Gasteiger partial charge < -0.3 is 0 Å². The summed E-state index contributed by atoms with van der Waals surface area (Å²) in [6.45, 7) is 4.35. The Morgan fingerprint density at radius 1 is 0.438 bits per heavy atom. The molecule has 0 aliphatic carbocycles. The van der Waals surface area contributed by atoms with Crippen LogP contribution in [0.4, 0.5) is 0 Å². The fourth-order valence-corrected chi connectivity index (χ4v) is 8.90. The summed E-state index contributed by atoms with van der Waals surface area (Å²) in [6.07, 6.45) is 0. The Balaban J connectivity index is 1.45. The normalized spacial score (nSPS) is 12.1. The third-order valence-electron chi connectivity index (χ3n) is 6.13. The molecule has 0 bridgehead atoms. The number of fused-ring (bicyclic) bond motifs is 7. The van der Waals surface area contributed by atoms with Gasteiger partial charge in [0.05, 0.1) is 9.40 Å². The Morgan fingerprint density at radius 3 is 1.28 bits per heavy atom. The highest BCUT2D eigenvalue weighted by atomic mass is 32.1. The second-order valence-electron chi connectivity index (χ2n) is 8.27. The molecule has 0 amide bonds. The van der Waals surface area contributed by atoms with Crippen molar-refractivity contribution < 1.29 is 0 Å². The van der Waals surface area contributed by atoms with Gasteiger partial charge in [-0.05, 0) is 61.4 Å². The van der Waals surface area contributed by atoms with Crippen LogP contribution < -0.4 is 0 Å². The van der Waals surface area contributed by atoms with Crippen molar-refractivity contribution in [3.63, 3.8) is 0 Å². The minimum Gasteiger partial charge on any atom is -0.141 e. The number of aryl methyl sites for hydroxylation is 2. The van der Waals surface area contributed by atoms with Crippen molar-refractivity contribution in [2.75, 3.05) is 0 Å². The highest BCUT2D eigenvalue weighted by Gasteiger charge is 2.14. The van der Waals surface area contributed by atoms with Crippen molar-refractivity contribution in [2.45, 2.75) is 13.8 Å². The predicted molar refractivity (Wildman–Crippen MR) is 148 cm³/mol. The third-order valence-corrected chi connectivity index (χ3v) is 10.7. The van der Waals surface area contributed by atoms with Crippen molar-refractivity contribution >= 4 is 85.7 Å². The summed E-state index contributed by atoms with van der Waals surface area (Å²) in [5.41, 5.74) is 2.65. The van der Waals surface area contributed by atoms with Gasteiger partial charge in [0.1, 0.15) is 0 Å². The van der Waals surface area contributed by atoms with Crippen LogP contribution in [-0.2, 0) is 0 Å². The van der Waals surface area contributed by atoms with Crippen LogP contribution in [0, 0.1) is 13.8 Å². The Kier molecular flexibility index (Phi) is 4.16. The van der Waals surface area contributed by atoms with E-state index >= 15 is 0 Å². The summed E-state index contributed by atoms with van der Waals surface area (Å²) in [4.78, 5) is 5.43. The van der Waals surface area contributed by atoms with Gasteiger partial charge in [0.25, 0.3) is 0 Å². The van der Waals surface area contributed by atoms with E-state index in [0.29, 0.717) is 0 Å². The van der Waals surface area contributed by atoms with Gasteiger partial charge >= 0.3 is 0 Å². The quantitative estimate of drug-likeness (QED) is 0.230. The van der Waals surface area contributed by atoms with E-state index < -0.39 is 0 Å². The summed E-state index contributed by atoms with van der Waals surface area (Å²) in [6, 6.07) is 27.5. The molecule has 0 N–H and O–H groups in total. The smallest absolute Gasteiger partial charge is 0.0534 e. The maximum Gasteiger partial charge on any atom is 0.0534 e. The van der Waals surface area contributed by atoms with Crippen LogP contribution in [0.15, 0.2) is 72.8 Å². The maximum absolute atomic E-state index is 2.38. The van der Waals surface area contributed by atoms with Crippen molar-refractivity contribution in [1.82, 2.24) is 0 Å². The van der Waals surface area contributed by atoms with Crippen LogP contribution >= 0.6 is 45.3 Å². The maximum atomic E-state index is 2.38. The lowest BCUT2D eigenvalue weighted by Gasteiger charge is -1.99. The molecule has 0 saturated carbocycles.